The van der Waals surface area contributed by atoms with Crippen LogP contribution in [0, 0.1) is 52.3 Å². The summed E-state index contributed by atoms with van der Waals surface area (Å²) in [5.41, 5.74) is 0.672. The number of aliphatic hydroxyl groups is 2. The van der Waals surface area contributed by atoms with E-state index in [1.807, 2.05) is 0 Å². The fraction of sp³-hybridized carbons (Fsp3) is 0.824. The molecule has 10 heteroatoms. The van der Waals surface area contributed by atoms with Crippen LogP contribution in [-0.4, -0.2) is 58.5 Å². The van der Waals surface area contributed by atoms with Gasteiger partial charge in [0.15, 0.2) is 5.78 Å². The van der Waals surface area contributed by atoms with E-state index in [0.717, 1.165) is 44.9 Å². The molecule has 0 spiro atoms. The molecule has 1 heterocycles. The Kier molecular flexibility index (Phi) is 10.1. The molecule has 3 N–H and O–H groups in total. The number of ketones is 1. The molecule has 5 rings (SSSR count). The van der Waals surface area contributed by atoms with Crippen LogP contribution in [0.5, 0.6) is 5.88 Å². The van der Waals surface area contributed by atoms with Gasteiger partial charge >= 0.3 is 0 Å². The summed E-state index contributed by atoms with van der Waals surface area (Å²) in [6.07, 6.45) is 10.2. The molecule has 11 atom stereocenters. The lowest BCUT2D eigenvalue weighted by Crippen LogP contribution is -2.62. The van der Waals surface area contributed by atoms with Crippen molar-refractivity contribution in [1.82, 2.24) is 4.98 Å². The molecule has 4 saturated carbocycles. The second kappa shape index (κ2) is 13.1. The number of Topliss-reactive ketones (excluding diaryl/α,β-unsaturated/α-hetero) is 1. The van der Waals surface area contributed by atoms with E-state index in [-0.39, 0.29) is 64.0 Å². The third kappa shape index (κ3) is 6.47. The van der Waals surface area contributed by atoms with E-state index in [1.165, 1.54) is 25.1 Å². The predicted octanol–water partition coefficient (Wildman–Crippen LogP) is 6.62. The number of hydrogen-bond acceptors (Lipinski definition) is 7. The molecule has 8 nitrogen and oxygen atoms in total. The van der Waals surface area contributed by atoms with Crippen molar-refractivity contribution in [3.05, 3.63) is 22.8 Å². The topological polar surface area (TPSA) is 134 Å². The minimum Gasteiger partial charge on any atom is -0.477 e. The van der Waals surface area contributed by atoms with Gasteiger partial charge in [-0.15, -0.1) is 0 Å². The van der Waals surface area contributed by atoms with Gasteiger partial charge in [0, 0.05) is 18.2 Å². The molecule has 0 bridgehead atoms. The van der Waals surface area contributed by atoms with Crippen LogP contribution >= 0.6 is 11.6 Å². The number of rotatable bonds is 11. The summed E-state index contributed by atoms with van der Waals surface area (Å²) < 4.78 is 36.7. The largest absolute Gasteiger partial charge is 0.477 e. The molecular formula is C34H52ClNO7S. The SMILES string of the molecule is CC[C@H]1[C@@H](O)[C@@H]2[C@H](CC[C@]3(C)[C@@H]([C@H](C)CCOc4ncc(C(=O)CCCS(=O)(=O)O)cc4Cl)CC[C@@H]23)[C@@]2(C)CC[C@@H](O)C[C@@H]12. The summed E-state index contributed by atoms with van der Waals surface area (Å²) in [7, 11) is -4.10. The summed E-state index contributed by atoms with van der Waals surface area (Å²) in [5, 5.41) is 22.7. The molecule has 0 radical (unpaired) electrons. The van der Waals surface area contributed by atoms with Crippen LogP contribution in [0.1, 0.15) is 109 Å². The van der Waals surface area contributed by atoms with Gasteiger partial charge in [0.05, 0.1) is 24.6 Å². The fourth-order valence-corrected chi connectivity index (χ4v) is 11.4. The molecule has 1 aromatic heterocycles. The number of pyridine rings is 1. The molecule has 4 aliphatic rings. The average Bonchev–Trinajstić information content (AvgIpc) is 3.31. The van der Waals surface area contributed by atoms with Crippen molar-refractivity contribution in [3.63, 3.8) is 0 Å². The first kappa shape index (κ1) is 34.1. The van der Waals surface area contributed by atoms with Crippen molar-refractivity contribution in [3.8, 4) is 5.88 Å². The van der Waals surface area contributed by atoms with Gasteiger partial charge in [-0.1, -0.05) is 45.7 Å². The lowest BCUT2D eigenvalue weighted by atomic mass is 9.41. The van der Waals surface area contributed by atoms with E-state index in [4.69, 9.17) is 20.9 Å². The zero-order chi connectivity index (χ0) is 32.0. The van der Waals surface area contributed by atoms with Crippen molar-refractivity contribution in [1.29, 1.82) is 0 Å². The lowest BCUT2D eigenvalue weighted by Gasteiger charge is -2.64. The van der Waals surface area contributed by atoms with Gasteiger partial charge < -0.3 is 14.9 Å². The maximum absolute atomic E-state index is 12.4. The van der Waals surface area contributed by atoms with Gasteiger partial charge in [-0.3, -0.25) is 9.35 Å². The Morgan fingerprint density at radius 3 is 2.50 bits per heavy atom. The molecule has 4 fully saturated rings. The van der Waals surface area contributed by atoms with Crippen molar-refractivity contribution < 1.29 is 32.7 Å². The fourth-order valence-electron chi connectivity index (χ4n) is 10.7. The third-order valence-corrected chi connectivity index (χ3v) is 14.0. The van der Waals surface area contributed by atoms with Gasteiger partial charge in [0.25, 0.3) is 10.1 Å². The Labute approximate surface area is 268 Å². The van der Waals surface area contributed by atoms with Crippen molar-refractivity contribution in [2.24, 2.45) is 52.3 Å². The minimum atomic E-state index is -4.10. The Bertz CT molecular complexity index is 1310. The predicted molar refractivity (Wildman–Crippen MR) is 170 cm³/mol. The quantitative estimate of drug-likeness (QED) is 0.179. The summed E-state index contributed by atoms with van der Waals surface area (Å²) in [6, 6.07) is 1.50. The first-order valence-corrected chi connectivity index (χ1v) is 18.8. The van der Waals surface area contributed by atoms with E-state index in [2.05, 4.69) is 32.7 Å². The van der Waals surface area contributed by atoms with E-state index >= 15 is 0 Å². The maximum atomic E-state index is 12.4. The van der Waals surface area contributed by atoms with Crippen LogP contribution in [-0.2, 0) is 10.1 Å². The summed E-state index contributed by atoms with van der Waals surface area (Å²) >= 11 is 6.39. The Balaban J connectivity index is 1.20. The van der Waals surface area contributed by atoms with Gasteiger partial charge in [-0.25, -0.2) is 4.98 Å². The molecule has 248 valence electrons. The molecule has 0 saturated heterocycles. The van der Waals surface area contributed by atoms with Gasteiger partial charge in [0.1, 0.15) is 5.02 Å². The normalized spacial score (nSPS) is 39.2. The molecular weight excluding hydrogens is 602 g/mol. The number of hydrogen-bond donors (Lipinski definition) is 3. The zero-order valence-corrected chi connectivity index (χ0v) is 28.3. The average molecular weight is 654 g/mol. The van der Waals surface area contributed by atoms with Crippen LogP contribution in [0.3, 0.4) is 0 Å². The molecule has 0 amide bonds. The number of carbonyl (C=O) groups excluding carboxylic acids is 1. The highest BCUT2D eigenvalue weighted by Crippen LogP contribution is 2.69. The number of fused-ring (bicyclic) bond motifs is 5. The highest BCUT2D eigenvalue weighted by Gasteiger charge is 2.64. The van der Waals surface area contributed by atoms with E-state index in [0.29, 0.717) is 42.1 Å². The van der Waals surface area contributed by atoms with E-state index in [9.17, 15) is 23.4 Å². The van der Waals surface area contributed by atoms with Crippen LogP contribution < -0.4 is 4.74 Å². The first-order valence-electron chi connectivity index (χ1n) is 16.8. The molecule has 0 unspecified atom stereocenters. The summed E-state index contributed by atoms with van der Waals surface area (Å²) in [5.74, 6) is 2.55. The number of halogens is 1. The minimum absolute atomic E-state index is 0.0237. The molecule has 0 aromatic carbocycles. The monoisotopic (exact) mass is 653 g/mol. The van der Waals surface area contributed by atoms with E-state index in [1.54, 1.807) is 0 Å². The molecule has 0 aliphatic heterocycles. The Morgan fingerprint density at radius 1 is 1.11 bits per heavy atom. The highest BCUT2D eigenvalue weighted by atomic mass is 35.5. The summed E-state index contributed by atoms with van der Waals surface area (Å²) in [6.45, 7) is 9.97. The third-order valence-electron chi connectivity index (χ3n) is 12.9. The summed E-state index contributed by atoms with van der Waals surface area (Å²) in [4.78, 5) is 16.6. The first-order chi connectivity index (χ1) is 20.7. The zero-order valence-electron chi connectivity index (χ0n) is 26.8. The van der Waals surface area contributed by atoms with Crippen LogP contribution in [0.2, 0.25) is 5.02 Å². The number of carbonyl (C=O) groups is 1. The Hall–Kier alpha value is -1.26. The standard InChI is InChI=1S/C34H52ClNO7S/c1-5-23-27-18-22(37)10-13-34(27,4)26-11-14-33(3)24(8-9-25(33)30(26)31(23)39)20(2)12-15-43-32-28(35)17-21(19-36-32)29(38)7-6-16-44(40,41)42/h17,19-20,22-27,30-31,37,39H,5-16,18H2,1-4H3,(H,40,41,42)/t20-,22-,23-,24-,25+,26+,27+,30+,31-,33-,34-/m1/s1. The number of ether oxygens (including phenoxy) is 1. The number of aromatic nitrogens is 1. The van der Waals surface area contributed by atoms with Crippen LogP contribution in [0.15, 0.2) is 12.3 Å². The molecule has 1 aromatic rings. The maximum Gasteiger partial charge on any atom is 0.264 e. The van der Waals surface area contributed by atoms with Gasteiger partial charge in [-0.2, -0.15) is 8.42 Å². The molecule has 44 heavy (non-hydrogen) atoms. The van der Waals surface area contributed by atoms with Crippen molar-refractivity contribution in [2.75, 3.05) is 12.4 Å². The molecule has 4 aliphatic carbocycles. The lowest BCUT2D eigenvalue weighted by molar-refractivity contribution is -0.203. The van der Waals surface area contributed by atoms with Gasteiger partial charge in [0.2, 0.25) is 5.88 Å². The second-order valence-electron chi connectivity index (χ2n) is 15.1. The smallest absolute Gasteiger partial charge is 0.264 e. The van der Waals surface area contributed by atoms with Crippen molar-refractivity contribution >= 4 is 27.5 Å². The van der Waals surface area contributed by atoms with Crippen LogP contribution in [0.25, 0.3) is 0 Å². The Morgan fingerprint density at radius 2 is 1.82 bits per heavy atom. The van der Waals surface area contributed by atoms with Crippen molar-refractivity contribution in [2.45, 2.75) is 111 Å². The number of aliphatic hydroxyl groups excluding tert-OH is 2. The highest BCUT2D eigenvalue weighted by molar-refractivity contribution is 7.85. The van der Waals surface area contributed by atoms with E-state index < -0.39 is 15.9 Å². The van der Waals surface area contributed by atoms with Gasteiger partial charge in [-0.05, 0) is 116 Å². The second-order valence-corrected chi connectivity index (χ2v) is 17.0. The van der Waals surface area contributed by atoms with Crippen LogP contribution in [0.4, 0.5) is 0 Å². The number of nitrogens with zero attached hydrogens (tertiary/aromatic N) is 1.